The highest BCUT2D eigenvalue weighted by Crippen LogP contribution is 2.31. The van der Waals surface area contributed by atoms with Crippen LogP contribution < -0.4 is 4.90 Å². The average Bonchev–Trinajstić information content (AvgIpc) is 3.55. The number of Topliss-reactive ketones (excluding diaryl/α,β-unsaturated/α-hetero) is 1. The molecule has 0 aliphatic carbocycles. The molecule has 0 spiro atoms. The van der Waals surface area contributed by atoms with Gasteiger partial charge in [0, 0.05) is 56.3 Å². The van der Waals surface area contributed by atoms with Gasteiger partial charge >= 0.3 is 0 Å². The lowest BCUT2D eigenvalue weighted by Crippen LogP contribution is -2.28. The van der Waals surface area contributed by atoms with Crippen LogP contribution >= 0.6 is 22.9 Å². The summed E-state index contributed by atoms with van der Waals surface area (Å²) in [6.07, 6.45) is 6.74. The van der Waals surface area contributed by atoms with Gasteiger partial charge in [0.05, 0.1) is 21.5 Å². The van der Waals surface area contributed by atoms with E-state index in [9.17, 15) is 4.79 Å². The van der Waals surface area contributed by atoms with E-state index in [1.807, 2.05) is 0 Å². The van der Waals surface area contributed by atoms with Gasteiger partial charge in [-0.2, -0.15) is 0 Å². The maximum Gasteiger partial charge on any atom is 0.172 e. The molecule has 8 heteroatoms. The van der Waals surface area contributed by atoms with Crippen molar-refractivity contribution in [1.82, 2.24) is 4.90 Å². The topological polar surface area (TPSA) is 57.5 Å². The molecule has 1 fully saturated rings. The number of carbonyl (C=O) groups is 1. The van der Waals surface area contributed by atoms with Gasteiger partial charge < -0.3 is 14.6 Å². The largest absolute Gasteiger partial charge is 0.392 e. The number of nitrogens with zero attached hydrogens (tertiary/aromatic N) is 4. The molecule has 1 saturated heterocycles. The van der Waals surface area contributed by atoms with Gasteiger partial charge in [-0.15, -0.1) is 11.3 Å². The first-order valence-electron chi connectivity index (χ1n) is 12.2. The molecule has 1 unspecified atom stereocenters. The second kappa shape index (κ2) is 10.5. The summed E-state index contributed by atoms with van der Waals surface area (Å²) >= 11 is 7.31. The molecular formula is C26H31ClN4O2S. The Balaban J connectivity index is 1.32. The Morgan fingerprint density at radius 2 is 1.97 bits per heavy atom. The monoisotopic (exact) mass is 498 g/mol. The van der Waals surface area contributed by atoms with Crippen LogP contribution in [0.3, 0.4) is 0 Å². The highest BCUT2D eigenvalue weighted by molar-refractivity contribution is 7.18. The lowest BCUT2D eigenvalue weighted by molar-refractivity contribution is 0.0720. The first kappa shape index (κ1) is 23.4. The van der Waals surface area contributed by atoms with E-state index in [2.05, 4.69) is 40.2 Å². The van der Waals surface area contributed by atoms with E-state index in [0.717, 1.165) is 49.7 Å². The molecule has 5 rings (SSSR count). The number of rotatable bonds is 7. The number of ketones is 1. The van der Waals surface area contributed by atoms with Crippen molar-refractivity contribution in [2.75, 3.05) is 38.1 Å². The van der Waals surface area contributed by atoms with E-state index in [4.69, 9.17) is 21.4 Å². The SMILES string of the molecule is CN1CCN=C1c1ccc(C2=NOC(CCC(=O)c3ccc(Cl)s3)C2)c(N2CCCCCC2)c1. The normalized spacial score (nSPS) is 20.7. The fourth-order valence-electron chi connectivity index (χ4n) is 4.95. The Bertz CT molecular complexity index is 1100. The molecule has 0 N–H and O–H groups in total. The number of anilines is 1. The number of thiophene rings is 1. The van der Waals surface area contributed by atoms with Gasteiger partial charge in [0.2, 0.25) is 0 Å². The van der Waals surface area contributed by atoms with Crippen LogP contribution in [0.5, 0.6) is 0 Å². The van der Waals surface area contributed by atoms with E-state index in [1.165, 1.54) is 48.3 Å². The van der Waals surface area contributed by atoms with Crippen molar-refractivity contribution in [1.29, 1.82) is 0 Å². The Morgan fingerprint density at radius 3 is 2.68 bits per heavy atom. The maximum atomic E-state index is 12.5. The minimum absolute atomic E-state index is 0.0728. The van der Waals surface area contributed by atoms with Crippen molar-refractivity contribution in [3.63, 3.8) is 0 Å². The highest BCUT2D eigenvalue weighted by Gasteiger charge is 2.27. The Hall–Kier alpha value is -2.38. The van der Waals surface area contributed by atoms with E-state index < -0.39 is 0 Å². The third-order valence-corrected chi connectivity index (χ3v) is 8.12. The van der Waals surface area contributed by atoms with Gasteiger partial charge in [-0.1, -0.05) is 41.7 Å². The summed E-state index contributed by atoms with van der Waals surface area (Å²) in [5.41, 5.74) is 4.52. The number of oxime groups is 1. The van der Waals surface area contributed by atoms with Crippen LogP contribution in [-0.2, 0) is 4.84 Å². The van der Waals surface area contributed by atoms with Crippen molar-refractivity contribution in [2.45, 2.75) is 51.0 Å². The van der Waals surface area contributed by atoms with Crippen LogP contribution in [0.2, 0.25) is 4.34 Å². The van der Waals surface area contributed by atoms with E-state index in [1.54, 1.807) is 12.1 Å². The summed E-state index contributed by atoms with van der Waals surface area (Å²) in [6.45, 7) is 3.95. The number of aliphatic imine (C=N–C) groups is 1. The molecule has 3 aliphatic rings. The molecule has 0 radical (unpaired) electrons. The van der Waals surface area contributed by atoms with Crippen molar-refractivity contribution >= 4 is 46.0 Å². The second-order valence-corrected chi connectivity index (χ2v) is 11.0. The molecule has 2 aromatic rings. The number of hydrogen-bond donors (Lipinski definition) is 0. The van der Waals surface area contributed by atoms with Crippen LogP contribution in [0.4, 0.5) is 5.69 Å². The summed E-state index contributed by atoms with van der Waals surface area (Å²) in [5.74, 6) is 1.18. The Kier molecular flexibility index (Phi) is 7.21. The standard InChI is InChI=1S/C26H31ClN4O2S/c1-30-15-12-28-26(30)18-6-8-20(22(16-18)31-13-4-2-3-5-14-31)21-17-19(33-29-21)7-9-23(32)24-10-11-25(27)34-24/h6,8,10-11,16,19H,2-5,7,9,12-15,17H2,1H3. The summed E-state index contributed by atoms with van der Waals surface area (Å²) in [4.78, 5) is 28.5. The minimum Gasteiger partial charge on any atom is -0.392 e. The summed E-state index contributed by atoms with van der Waals surface area (Å²) in [5, 5.41) is 4.48. The lowest BCUT2D eigenvalue weighted by atomic mass is 9.97. The first-order valence-corrected chi connectivity index (χ1v) is 13.4. The lowest BCUT2D eigenvalue weighted by Gasteiger charge is -2.26. The molecule has 3 aliphatic heterocycles. The molecule has 1 aromatic heterocycles. The van der Waals surface area contributed by atoms with Gasteiger partial charge in [0.15, 0.2) is 5.78 Å². The molecule has 34 heavy (non-hydrogen) atoms. The molecule has 0 amide bonds. The van der Waals surface area contributed by atoms with E-state index >= 15 is 0 Å². The summed E-state index contributed by atoms with van der Waals surface area (Å²) in [6, 6.07) is 10.2. The zero-order chi connectivity index (χ0) is 23.5. The summed E-state index contributed by atoms with van der Waals surface area (Å²) < 4.78 is 0.644. The number of hydrogen-bond acceptors (Lipinski definition) is 7. The van der Waals surface area contributed by atoms with E-state index in [0.29, 0.717) is 22.1 Å². The number of benzene rings is 1. The predicted molar refractivity (Wildman–Crippen MR) is 140 cm³/mol. The average molecular weight is 499 g/mol. The molecule has 4 heterocycles. The molecule has 1 atom stereocenters. The summed E-state index contributed by atoms with van der Waals surface area (Å²) in [7, 11) is 2.11. The second-order valence-electron chi connectivity index (χ2n) is 9.30. The number of carbonyl (C=O) groups excluding carboxylic acids is 1. The Morgan fingerprint density at radius 1 is 1.15 bits per heavy atom. The molecule has 0 bridgehead atoms. The van der Waals surface area contributed by atoms with Gasteiger partial charge in [0.25, 0.3) is 0 Å². The number of amidine groups is 1. The predicted octanol–water partition coefficient (Wildman–Crippen LogP) is 5.63. The van der Waals surface area contributed by atoms with Gasteiger partial charge in [-0.3, -0.25) is 9.79 Å². The van der Waals surface area contributed by atoms with Crippen LogP contribution in [0.15, 0.2) is 40.5 Å². The van der Waals surface area contributed by atoms with Crippen molar-refractivity contribution in [3.8, 4) is 0 Å². The molecule has 1 aromatic carbocycles. The highest BCUT2D eigenvalue weighted by atomic mass is 35.5. The molecule has 6 nitrogen and oxygen atoms in total. The van der Waals surface area contributed by atoms with Crippen molar-refractivity contribution < 1.29 is 9.63 Å². The quantitative estimate of drug-likeness (QED) is 0.464. The van der Waals surface area contributed by atoms with Crippen LogP contribution in [-0.4, -0.2) is 61.6 Å². The van der Waals surface area contributed by atoms with Crippen molar-refractivity contribution in [2.24, 2.45) is 10.1 Å². The zero-order valence-corrected chi connectivity index (χ0v) is 21.2. The molecule has 180 valence electrons. The smallest absolute Gasteiger partial charge is 0.172 e. The number of likely N-dealkylation sites (N-methyl/N-ethyl adjacent to an activating group) is 1. The fraction of sp³-hybridized carbons (Fsp3) is 0.500. The van der Waals surface area contributed by atoms with Crippen molar-refractivity contribution in [3.05, 3.63) is 50.7 Å². The minimum atomic E-state index is -0.0728. The maximum absolute atomic E-state index is 12.5. The van der Waals surface area contributed by atoms with Gasteiger partial charge in [-0.05, 0) is 37.5 Å². The van der Waals surface area contributed by atoms with Gasteiger partial charge in [-0.25, -0.2) is 0 Å². The third kappa shape index (κ3) is 5.15. The first-order chi connectivity index (χ1) is 16.6. The third-order valence-electron chi connectivity index (χ3n) is 6.85. The van der Waals surface area contributed by atoms with Crippen LogP contribution in [0.25, 0.3) is 0 Å². The number of halogens is 1. The van der Waals surface area contributed by atoms with Crippen LogP contribution in [0.1, 0.15) is 65.7 Å². The fourth-order valence-corrected chi connectivity index (χ4v) is 5.96. The molecule has 0 saturated carbocycles. The molecular weight excluding hydrogens is 468 g/mol. The Labute approximate surface area is 210 Å². The van der Waals surface area contributed by atoms with Gasteiger partial charge in [0.1, 0.15) is 11.9 Å². The van der Waals surface area contributed by atoms with E-state index in [-0.39, 0.29) is 11.9 Å². The van der Waals surface area contributed by atoms with Crippen LogP contribution in [0, 0.1) is 0 Å². The zero-order valence-electron chi connectivity index (χ0n) is 19.6.